The highest BCUT2D eigenvalue weighted by Gasteiger charge is 2.13. The molecule has 5 heteroatoms. The Hall–Kier alpha value is -1.91. The highest BCUT2D eigenvalue weighted by Crippen LogP contribution is 2.11. The summed E-state index contributed by atoms with van der Waals surface area (Å²) in [5, 5.41) is 2.54. The fourth-order valence-electron chi connectivity index (χ4n) is 1.28. The van der Waals surface area contributed by atoms with Gasteiger partial charge in [-0.1, -0.05) is 0 Å². The summed E-state index contributed by atoms with van der Waals surface area (Å²) in [5.74, 6) is -1.09. The van der Waals surface area contributed by atoms with Crippen molar-refractivity contribution >= 4 is 11.3 Å². The molecule has 0 saturated heterocycles. The summed E-state index contributed by atoms with van der Waals surface area (Å²) in [4.78, 5) is 21.9. The summed E-state index contributed by atoms with van der Waals surface area (Å²) < 4.78 is 14.7. The van der Waals surface area contributed by atoms with Crippen LogP contribution < -0.4 is 5.43 Å². The van der Waals surface area contributed by atoms with Crippen molar-refractivity contribution < 1.29 is 9.18 Å². The molecular formula is C9H7FN2O2. The number of aromatic amines is 1. The largest absolute Gasteiger partial charge is 0.293 e. The van der Waals surface area contributed by atoms with Gasteiger partial charge in [0, 0.05) is 25.3 Å². The molecule has 0 spiro atoms. The van der Waals surface area contributed by atoms with E-state index in [9.17, 15) is 14.0 Å². The highest BCUT2D eigenvalue weighted by molar-refractivity contribution is 5.93. The number of carbonyl (C=O) groups is 1. The van der Waals surface area contributed by atoms with E-state index in [4.69, 9.17) is 0 Å². The van der Waals surface area contributed by atoms with Crippen LogP contribution in [0.2, 0.25) is 0 Å². The van der Waals surface area contributed by atoms with E-state index in [1.54, 1.807) is 0 Å². The minimum atomic E-state index is -0.685. The van der Waals surface area contributed by atoms with Crippen LogP contribution in [0.15, 0.2) is 23.1 Å². The van der Waals surface area contributed by atoms with E-state index in [2.05, 4.69) is 5.10 Å². The molecule has 2 aromatic heterocycles. The molecule has 0 bridgehead atoms. The lowest BCUT2D eigenvalue weighted by molar-refractivity contribution is 0.100. The van der Waals surface area contributed by atoms with Crippen molar-refractivity contribution in [3.63, 3.8) is 0 Å². The van der Waals surface area contributed by atoms with Gasteiger partial charge in [0.05, 0.1) is 0 Å². The monoisotopic (exact) mass is 194 g/mol. The Morgan fingerprint density at radius 3 is 2.93 bits per heavy atom. The number of hydrogen-bond acceptors (Lipinski definition) is 2. The summed E-state index contributed by atoms with van der Waals surface area (Å²) in [7, 11) is 0. The minimum Gasteiger partial charge on any atom is -0.293 e. The molecule has 72 valence electrons. The van der Waals surface area contributed by atoms with Gasteiger partial charge >= 0.3 is 0 Å². The number of aromatic nitrogens is 2. The molecule has 1 N–H and O–H groups in total. The van der Waals surface area contributed by atoms with Crippen molar-refractivity contribution in [2.45, 2.75) is 6.92 Å². The maximum atomic E-state index is 13.4. The van der Waals surface area contributed by atoms with Gasteiger partial charge < -0.3 is 0 Å². The lowest BCUT2D eigenvalue weighted by Gasteiger charge is -1.88. The zero-order valence-corrected chi connectivity index (χ0v) is 7.37. The van der Waals surface area contributed by atoms with Gasteiger partial charge in [0.25, 0.3) is 0 Å². The zero-order valence-electron chi connectivity index (χ0n) is 7.37. The van der Waals surface area contributed by atoms with Gasteiger partial charge in [-0.05, 0) is 0 Å². The second-order valence-corrected chi connectivity index (χ2v) is 2.97. The van der Waals surface area contributed by atoms with Crippen LogP contribution in [0, 0.1) is 5.82 Å². The van der Waals surface area contributed by atoms with E-state index < -0.39 is 11.6 Å². The predicted octanol–water partition coefficient (Wildman–Crippen LogP) is 0.969. The third kappa shape index (κ3) is 1.14. The van der Waals surface area contributed by atoms with Gasteiger partial charge in [0.15, 0.2) is 17.0 Å². The smallest absolute Gasteiger partial charge is 0.182 e. The van der Waals surface area contributed by atoms with Gasteiger partial charge in [-0.25, -0.2) is 4.39 Å². The number of nitrogens with one attached hydrogen (secondary N) is 1. The van der Waals surface area contributed by atoms with Crippen LogP contribution in [0.4, 0.5) is 4.39 Å². The summed E-state index contributed by atoms with van der Waals surface area (Å²) >= 11 is 0. The average Bonchev–Trinajstić information content (AvgIpc) is 2.44. The zero-order chi connectivity index (χ0) is 10.3. The molecule has 2 aromatic rings. The quantitative estimate of drug-likeness (QED) is 0.687. The molecule has 0 radical (unpaired) electrons. The van der Waals surface area contributed by atoms with Crippen molar-refractivity contribution in [2.75, 3.05) is 0 Å². The van der Waals surface area contributed by atoms with Gasteiger partial charge in [-0.15, -0.1) is 0 Å². The predicted molar refractivity (Wildman–Crippen MR) is 48.0 cm³/mol. The average molecular weight is 194 g/mol. The number of ketones is 1. The van der Waals surface area contributed by atoms with Crippen LogP contribution in [-0.4, -0.2) is 15.4 Å². The maximum Gasteiger partial charge on any atom is 0.182 e. The van der Waals surface area contributed by atoms with E-state index in [1.165, 1.54) is 23.7 Å². The lowest BCUT2D eigenvalue weighted by Crippen LogP contribution is -1.99. The van der Waals surface area contributed by atoms with Crippen molar-refractivity contribution in [1.82, 2.24) is 9.61 Å². The Morgan fingerprint density at radius 1 is 1.57 bits per heavy atom. The van der Waals surface area contributed by atoms with E-state index in [1.807, 2.05) is 0 Å². The van der Waals surface area contributed by atoms with Crippen LogP contribution in [0.25, 0.3) is 5.52 Å². The first-order valence-corrected chi connectivity index (χ1v) is 4.00. The van der Waals surface area contributed by atoms with Crippen LogP contribution in [0.1, 0.15) is 17.4 Å². The van der Waals surface area contributed by atoms with Crippen LogP contribution in [0.3, 0.4) is 0 Å². The Bertz CT molecular complexity index is 568. The minimum absolute atomic E-state index is 0.0858. The Balaban J connectivity index is 2.87. The lowest BCUT2D eigenvalue weighted by atomic mass is 10.3. The number of rotatable bonds is 1. The van der Waals surface area contributed by atoms with Gasteiger partial charge in [-0.3, -0.25) is 19.2 Å². The second-order valence-electron chi connectivity index (χ2n) is 2.97. The number of hydrogen-bond donors (Lipinski definition) is 1. The summed E-state index contributed by atoms with van der Waals surface area (Å²) in [6.07, 6.45) is 1.38. The third-order valence-corrected chi connectivity index (χ3v) is 1.96. The molecule has 0 aliphatic carbocycles. The number of H-pyrrole nitrogens is 1. The van der Waals surface area contributed by atoms with Crippen molar-refractivity contribution in [3.8, 4) is 0 Å². The van der Waals surface area contributed by atoms with Crippen molar-refractivity contribution in [3.05, 3.63) is 40.1 Å². The number of fused-ring (bicyclic) bond motifs is 1. The first-order valence-electron chi connectivity index (χ1n) is 4.00. The number of pyridine rings is 1. The van der Waals surface area contributed by atoms with Crippen molar-refractivity contribution in [1.29, 1.82) is 0 Å². The fourth-order valence-corrected chi connectivity index (χ4v) is 1.28. The van der Waals surface area contributed by atoms with E-state index in [0.717, 1.165) is 6.07 Å². The number of nitrogens with zero attached hydrogens (tertiary/aromatic N) is 1. The summed E-state index contributed by atoms with van der Waals surface area (Å²) in [6, 6.07) is 2.42. The molecule has 0 aromatic carbocycles. The molecule has 4 nitrogen and oxygen atoms in total. The summed E-state index contributed by atoms with van der Waals surface area (Å²) in [6.45, 7) is 1.26. The standard InChI is InChI=1S/C9H7FN2O2/c1-5(13)9-8(10)7-4-6(14)2-3-12(7)11-9/h2-4,11H,1H3. The van der Waals surface area contributed by atoms with E-state index >= 15 is 0 Å². The van der Waals surface area contributed by atoms with Crippen LogP contribution in [0.5, 0.6) is 0 Å². The number of Topliss-reactive ketones (excluding diaryl/α,β-unsaturated/α-hetero) is 1. The number of halogens is 1. The first-order chi connectivity index (χ1) is 6.59. The molecule has 0 unspecified atom stereocenters. The molecule has 0 fully saturated rings. The molecule has 0 aliphatic rings. The molecule has 0 amide bonds. The first kappa shape index (κ1) is 8.68. The maximum absolute atomic E-state index is 13.4. The molecule has 0 saturated carbocycles. The molecule has 0 aliphatic heterocycles. The third-order valence-electron chi connectivity index (χ3n) is 1.96. The molecular weight excluding hydrogens is 187 g/mol. The van der Waals surface area contributed by atoms with Gasteiger partial charge in [0.2, 0.25) is 0 Å². The topological polar surface area (TPSA) is 54.3 Å². The SMILES string of the molecule is CC(=O)c1[nH]n2ccc(=O)cc2c1F. The molecule has 2 rings (SSSR count). The van der Waals surface area contributed by atoms with Gasteiger partial charge in [-0.2, -0.15) is 0 Å². The normalized spacial score (nSPS) is 10.7. The van der Waals surface area contributed by atoms with Crippen molar-refractivity contribution in [2.24, 2.45) is 0 Å². The molecule has 0 atom stereocenters. The highest BCUT2D eigenvalue weighted by atomic mass is 19.1. The Kier molecular flexibility index (Phi) is 1.73. The van der Waals surface area contributed by atoms with Gasteiger partial charge in [0.1, 0.15) is 11.2 Å². The molecule has 14 heavy (non-hydrogen) atoms. The van der Waals surface area contributed by atoms with E-state index in [-0.39, 0.29) is 16.6 Å². The Morgan fingerprint density at radius 2 is 2.29 bits per heavy atom. The second kappa shape index (κ2) is 2.80. The summed E-state index contributed by atoms with van der Waals surface area (Å²) in [5.41, 5.74) is -0.323. The Labute approximate surface area is 78.0 Å². The molecule has 2 heterocycles. The fraction of sp³-hybridized carbons (Fsp3) is 0.111. The van der Waals surface area contributed by atoms with E-state index in [0.29, 0.717) is 0 Å². The van der Waals surface area contributed by atoms with Crippen LogP contribution in [-0.2, 0) is 0 Å². The number of carbonyl (C=O) groups excluding carboxylic acids is 1. The van der Waals surface area contributed by atoms with Crippen LogP contribution >= 0.6 is 0 Å².